The lowest BCUT2D eigenvalue weighted by molar-refractivity contribution is -0.384. The van der Waals surface area contributed by atoms with Crippen molar-refractivity contribution in [3.05, 3.63) is 69.3 Å². The van der Waals surface area contributed by atoms with Crippen molar-refractivity contribution in [3.63, 3.8) is 0 Å². The fraction of sp³-hybridized carbons (Fsp3) is 0.125. The number of benzene rings is 2. The molecule has 0 spiro atoms. The Labute approximate surface area is 147 Å². The van der Waals surface area contributed by atoms with E-state index >= 15 is 0 Å². The lowest BCUT2D eigenvalue weighted by Gasteiger charge is -2.08. The fourth-order valence-corrected chi connectivity index (χ4v) is 2.17. The van der Waals surface area contributed by atoms with E-state index in [1.807, 2.05) is 0 Å². The van der Waals surface area contributed by atoms with Crippen LogP contribution in [-0.2, 0) is 6.61 Å². The fourth-order valence-electron chi connectivity index (χ4n) is 1.96. The van der Waals surface area contributed by atoms with Crippen LogP contribution in [0.1, 0.15) is 11.7 Å². The molecule has 0 saturated heterocycles. The number of nitro benzene ring substituents is 1. The van der Waals surface area contributed by atoms with Gasteiger partial charge in [0.25, 0.3) is 11.6 Å². The molecule has 0 aliphatic rings. The molecule has 0 amide bonds. The zero-order chi connectivity index (χ0) is 17.8. The molecule has 3 rings (SSSR count). The maximum atomic E-state index is 10.7. The number of nitrogens with zero attached hydrogens (tertiary/aromatic N) is 3. The van der Waals surface area contributed by atoms with E-state index in [1.165, 1.54) is 18.2 Å². The highest BCUT2D eigenvalue weighted by molar-refractivity contribution is 6.32. The topological polar surface area (TPSA) is 101 Å². The number of hydrogen-bond donors (Lipinski definition) is 0. The Balaban J connectivity index is 1.63. The molecule has 1 heterocycles. The van der Waals surface area contributed by atoms with Crippen LogP contribution in [0.15, 0.2) is 47.0 Å². The van der Waals surface area contributed by atoms with Crippen LogP contribution in [0.5, 0.6) is 17.2 Å². The Morgan fingerprint density at radius 2 is 1.92 bits per heavy atom. The molecule has 0 aliphatic carbocycles. The summed E-state index contributed by atoms with van der Waals surface area (Å²) < 4.78 is 16.1. The summed E-state index contributed by atoms with van der Waals surface area (Å²) in [5.41, 5.74) is -0.0997. The van der Waals surface area contributed by atoms with Crippen molar-refractivity contribution >= 4 is 17.3 Å². The summed E-state index contributed by atoms with van der Waals surface area (Å²) in [5, 5.41) is 14.5. The summed E-state index contributed by atoms with van der Waals surface area (Å²) in [7, 11) is 0. The molecule has 0 atom stereocenters. The lowest BCUT2D eigenvalue weighted by atomic mass is 10.3. The second kappa shape index (κ2) is 7.18. The minimum atomic E-state index is -0.521. The van der Waals surface area contributed by atoms with Crippen molar-refractivity contribution in [1.29, 1.82) is 0 Å². The van der Waals surface area contributed by atoms with Crippen LogP contribution in [0.25, 0.3) is 0 Å². The molecule has 0 fully saturated rings. The Morgan fingerprint density at radius 3 is 2.52 bits per heavy atom. The van der Waals surface area contributed by atoms with E-state index in [0.29, 0.717) is 29.0 Å². The van der Waals surface area contributed by atoms with Crippen LogP contribution < -0.4 is 9.47 Å². The number of rotatable bonds is 6. The summed E-state index contributed by atoms with van der Waals surface area (Å²) in [6, 6.07) is 10.8. The van der Waals surface area contributed by atoms with Crippen LogP contribution in [0.3, 0.4) is 0 Å². The van der Waals surface area contributed by atoms with Crippen LogP contribution in [-0.4, -0.2) is 15.1 Å². The van der Waals surface area contributed by atoms with Gasteiger partial charge in [0.15, 0.2) is 12.4 Å². The number of ether oxygens (including phenoxy) is 2. The molecular formula is C16H12ClN3O5. The van der Waals surface area contributed by atoms with Crippen molar-refractivity contribution in [2.75, 3.05) is 0 Å². The third kappa shape index (κ3) is 4.24. The van der Waals surface area contributed by atoms with Gasteiger partial charge in [-0.15, -0.1) is 0 Å². The van der Waals surface area contributed by atoms with Gasteiger partial charge in [-0.1, -0.05) is 16.8 Å². The molecule has 25 heavy (non-hydrogen) atoms. The van der Waals surface area contributed by atoms with Crippen molar-refractivity contribution in [2.45, 2.75) is 13.5 Å². The minimum Gasteiger partial charge on any atom is -0.484 e. The molecule has 0 radical (unpaired) electrons. The quantitative estimate of drug-likeness (QED) is 0.476. The monoisotopic (exact) mass is 361 g/mol. The van der Waals surface area contributed by atoms with Gasteiger partial charge in [0.1, 0.15) is 17.2 Å². The van der Waals surface area contributed by atoms with Gasteiger partial charge >= 0.3 is 0 Å². The molecule has 128 valence electrons. The first kappa shape index (κ1) is 16.7. The standard InChI is InChI=1S/C16H12ClN3O5/c1-10-18-16(25-19-10)9-23-12-3-5-13(6-4-12)24-15-7-2-11(20(21)22)8-14(15)17/h2-8H,9H2,1H3. The van der Waals surface area contributed by atoms with Gasteiger partial charge in [0.05, 0.1) is 9.95 Å². The van der Waals surface area contributed by atoms with Crippen LogP contribution in [0.4, 0.5) is 5.69 Å². The third-order valence-corrected chi connectivity index (χ3v) is 3.41. The average Bonchev–Trinajstić information content (AvgIpc) is 3.01. The highest BCUT2D eigenvalue weighted by atomic mass is 35.5. The zero-order valence-electron chi connectivity index (χ0n) is 13.0. The predicted octanol–water partition coefficient (Wildman–Crippen LogP) is 4.31. The van der Waals surface area contributed by atoms with Gasteiger partial charge < -0.3 is 14.0 Å². The molecule has 2 aromatic carbocycles. The zero-order valence-corrected chi connectivity index (χ0v) is 13.8. The second-order valence-electron chi connectivity index (χ2n) is 4.97. The first-order valence-corrected chi connectivity index (χ1v) is 7.53. The number of hydrogen-bond acceptors (Lipinski definition) is 7. The minimum absolute atomic E-state index is 0.0997. The molecule has 9 heteroatoms. The van der Waals surface area contributed by atoms with E-state index in [-0.39, 0.29) is 17.3 Å². The maximum absolute atomic E-state index is 10.7. The molecule has 0 N–H and O–H groups in total. The predicted molar refractivity (Wildman–Crippen MR) is 88.0 cm³/mol. The Hall–Kier alpha value is -3.13. The summed E-state index contributed by atoms with van der Waals surface area (Å²) in [4.78, 5) is 14.2. The van der Waals surface area contributed by atoms with Gasteiger partial charge in [-0.2, -0.15) is 4.98 Å². The van der Waals surface area contributed by atoms with Crippen LogP contribution in [0.2, 0.25) is 5.02 Å². The molecular weight excluding hydrogens is 350 g/mol. The van der Waals surface area contributed by atoms with Gasteiger partial charge in [-0.25, -0.2) is 0 Å². The number of halogens is 1. The van der Waals surface area contributed by atoms with Crippen molar-refractivity contribution in [1.82, 2.24) is 10.1 Å². The largest absolute Gasteiger partial charge is 0.484 e. The molecule has 0 unspecified atom stereocenters. The van der Waals surface area contributed by atoms with Crippen molar-refractivity contribution < 1.29 is 18.9 Å². The van der Waals surface area contributed by atoms with Crippen LogP contribution in [0, 0.1) is 17.0 Å². The highest BCUT2D eigenvalue weighted by Gasteiger charge is 2.11. The number of non-ortho nitro benzene ring substituents is 1. The Kier molecular flexibility index (Phi) is 4.80. The number of aryl methyl sites for hydroxylation is 1. The van der Waals surface area contributed by atoms with Crippen molar-refractivity contribution in [2.24, 2.45) is 0 Å². The average molecular weight is 362 g/mol. The Bertz CT molecular complexity index is 895. The van der Waals surface area contributed by atoms with Gasteiger partial charge in [0.2, 0.25) is 0 Å². The van der Waals surface area contributed by atoms with E-state index in [0.717, 1.165) is 0 Å². The highest BCUT2D eigenvalue weighted by Crippen LogP contribution is 2.32. The van der Waals surface area contributed by atoms with Gasteiger partial charge in [-0.3, -0.25) is 10.1 Å². The second-order valence-corrected chi connectivity index (χ2v) is 5.38. The van der Waals surface area contributed by atoms with Gasteiger partial charge in [0, 0.05) is 12.1 Å². The maximum Gasteiger partial charge on any atom is 0.271 e. The van der Waals surface area contributed by atoms with Crippen LogP contribution >= 0.6 is 11.6 Å². The van der Waals surface area contributed by atoms with E-state index in [9.17, 15) is 10.1 Å². The molecule has 1 aromatic heterocycles. The molecule has 0 saturated carbocycles. The van der Waals surface area contributed by atoms with E-state index < -0.39 is 4.92 Å². The van der Waals surface area contributed by atoms with E-state index in [4.69, 9.17) is 25.6 Å². The molecule has 0 aliphatic heterocycles. The number of nitro groups is 1. The number of aromatic nitrogens is 2. The normalized spacial score (nSPS) is 10.5. The summed E-state index contributed by atoms with van der Waals surface area (Å²) in [6.45, 7) is 1.89. The summed E-state index contributed by atoms with van der Waals surface area (Å²) >= 11 is 6.00. The molecule has 3 aromatic rings. The summed E-state index contributed by atoms with van der Waals surface area (Å²) in [6.07, 6.45) is 0. The van der Waals surface area contributed by atoms with E-state index in [1.54, 1.807) is 31.2 Å². The Morgan fingerprint density at radius 1 is 1.20 bits per heavy atom. The SMILES string of the molecule is Cc1noc(COc2ccc(Oc3ccc([N+](=O)[O-])cc3Cl)cc2)n1. The first-order valence-electron chi connectivity index (χ1n) is 7.15. The van der Waals surface area contributed by atoms with E-state index in [2.05, 4.69) is 10.1 Å². The first-order chi connectivity index (χ1) is 12.0. The molecule has 0 bridgehead atoms. The third-order valence-electron chi connectivity index (χ3n) is 3.11. The summed E-state index contributed by atoms with van der Waals surface area (Å²) in [5.74, 6) is 2.36. The smallest absolute Gasteiger partial charge is 0.271 e. The van der Waals surface area contributed by atoms with Crippen molar-refractivity contribution in [3.8, 4) is 17.2 Å². The lowest BCUT2D eigenvalue weighted by Crippen LogP contribution is -1.95. The van der Waals surface area contributed by atoms with Gasteiger partial charge in [-0.05, 0) is 37.3 Å². The molecule has 8 nitrogen and oxygen atoms in total.